The highest BCUT2D eigenvalue weighted by molar-refractivity contribution is 5.42. The molecule has 4 heteroatoms. The van der Waals surface area contributed by atoms with Gasteiger partial charge in [-0.2, -0.15) is 0 Å². The van der Waals surface area contributed by atoms with Crippen LogP contribution in [-0.2, 0) is 5.41 Å². The molecule has 0 aliphatic rings. The van der Waals surface area contributed by atoms with Crippen LogP contribution in [0.1, 0.15) is 30.7 Å². The van der Waals surface area contributed by atoms with Crippen LogP contribution in [-0.4, -0.2) is 9.55 Å². The van der Waals surface area contributed by atoms with Crippen molar-refractivity contribution < 1.29 is 8.78 Å². The lowest BCUT2D eigenvalue weighted by Crippen LogP contribution is -2.22. The molecule has 3 aromatic rings. The van der Waals surface area contributed by atoms with Crippen LogP contribution in [0.5, 0.6) is 0 Å². The van der Waals surface area contributed by atoms with Gasteiger partial charge in [-0.05, 0) is 48.4 Å². The highest BCUT2D eigenvalue weighted by Gasteiger charge is 2.27. The van der Waals surface area contributed by atoms with Gasteiger partial charge in [-0.1, -0.05) is 26.0 Å². The Bertz CT molecular complexity index is 833. The first kappa shape index (κ1) is 15.4. The summed E-state index contributed by atoms with van der Waals surface area (Å²) in [5, 5.41) is 0. The van der Waals surface area contributed by atoms with E-state index in [4.69, 9.17) is 0 Å². The molecule has 0 saturated heterocycles. The first-order valence-corrected chi connectivity index (χ1v) is 7.45. The molecule has 3 rings (SSSR count). The van der Waals surface area contributed by atoms with Crippen molar-refractivity contribution in [2.45, 2.75) is 26.2 Å². The first-order chi connectivity index (χ1) is 10.9. The summed E-state index contributed by atoms with van der Waals surface area (Å²) < 4.78 is 28.6. The molecular formula is C19H18F2N2. The monoisotopic (exact) mass is 312 g/mol. The van der Waals surface area contributed by atoms with Crippen LogP contribution in [0, 0.1) is 18.6 Å². The normalized spacial score (nSPS) is 11.7. The lowest BCUT2D eigenvalue weighted by atomic mass is 9.81. The third-order valence-corrected chi connectivity index (χ3v) is 4.26. The molecule has 2 nitrogen and oxygen atoms in total. The van der Waals surface area contributed by atoms with Crippen molar-refractivity contribution in [3.63, 3.8) is 0 Å². The second-order valence-corrected chi connectivity index (χ2v) is 6.21. The maximum atomic E-state index is 13.5. The van der Waals surface area contributed by atoms with E-state index in [0.717, 1.165) is 16.9 Å². The van der Waals surface area contributed by atoms with Crippen LogP contribution >= 0.6 is 0 Å². The van der Waals surface area contributed by atoms with Crippen molar-refractivity contribution in [1.29, 1.82) is 0 Å². The van der Waals surface area contributed by atoms with E-state index in [1.54, 1.807) is 43.7 Å². The van der Waals surface area contributed by atoms with Gasteiger partial charge in [0.25, 0.3) is 0 Å². The number of aromatic nitrogens is 2. The molecule has 0 N–H and O–H groups in total. The van der Waals surface area contributed by atoms with E-state index in [9.17, 15) is 8.78 Å². The minimum Gasteiger partial charge on any atom is -0.302 e. The fourth-order valence-corrected chi connectivity index (χ4v) is 2.76. The number of imidazole rings is 1. The van der Waals surface area contributed by atoms with E-state index in [1.165, 1.54) is 18.2 Å². The summed E-state index contributed by atoms with van der Waals surface area (Å²) in [6, 6.07) is 11.5. The van der Waals surface area contributed by atoms with Gasteiger partial charge in [-0.3, -0.25) is 0 Å². The highest BCUT2D eigenvalue weighted by Crippen LogP contribution is 2.33. The summed E-state index contributed by atoms with van der Waals surface area (Å²) in [7, 11) is 0. The number of halogens is 2. The standard InChI is InChI=1S/C19H18F2N2/c1-13-10-16(8-9-17(13)21)23-12-22-11-18(23)19(2,3)14-4-6-15(20)7-5-14/h4-12H,1-3H3. The third kappa shape index (κ3) is 2.77. The number of hydrogen-bond acceptors (Lipinski definition) is 1. The lowest BCUT2D eigenvalue weighted by molar-refractivity contribution is 0.591. The molecule has 1 heterocycles. The first-order valence-electron chi connectivity index (χ1n) is 7.45. The summed E-state index contributed by atoms with van der Waals surface area (Å²) in [4.78, 5) is 4.26. The summed E-state index contributed by atoms with van der Waals surface area (Å²) in [5.41, 5.74) is 3.01. The molecule has 0 saturated carbocycles. The lowest BCUT2D eigenvalue weighted by Gasteiger charge is -2.27. The maximum Gasteiger partial charge on any atom is 0.126 e. The number of hydrogen-bond donors (Lipinski definition) is 0. The molecule has 0 aliphatic heterocycles. The van der Waals surface area contributed by atoms with E-state index >= 15 is 0 Å². The zero-order valence-corrected chi connectivity index (χ0v) is 13.3. The number of benzene rings is 2. The summed E-state index contributed by atoms with van der Waals surface area (Å²) in [6.45, 7) is 5.86. The van der Waals surface area contributed by atoms with Gasteiger partial charge in [0.2, 0.25) is 0 Å². The molecule has 118 valence electrons. The molecule has 0 atom stereocenters. The Morgan fingerprint density at radius 3 is 2.35 bits per heavy atom. The van der Waals surface area contributed by atoms with Gasteiger partial charge in [0, 0.05) is 17.3 Å². The van der Waals surface area contributed by atoms with Crippen molar-refractivity contribution in [1.82, 2.24) is 9.55 Å². The molecule has 23 heavy (non-hydrogen) atoms. The molecule has 0 spiro atoms. The minimum absolute atomic E-state index is 0.229. The summed E-state index contributed by atoms with van der Waals surface area (Å²) in [5.74, 6) is -0.486. The Labute approximate surface area is 134 Å². The van der Waals surface area contributed by atoms with Crippen LogP contribution in [0.25, 0.3) is 5.69 Å². The smallest absolute Gasteiger partial charge is 0.126 e. The van der Waals surface area contributed by atoms with E-state index < -0.39 is 0 Å². The second-order valence-electron chi connectivity index (χ2n) is 6.21. The SMILES string of the molecule is Cc1cc(-n2cncc2C(C)(C)c2ccc(F)cc2)ccc1F. The number of aryl methyl sites for hydroxylation is 1. The third-order valence-electron chi connectivity index (χ3n) is 4.26. The predicted octanol–water partition coefficient (Wildman–Crippen LogP) is 4.78. The molecule has 2 aromatic carbocycles. The summed E-state index contributed by atoms with van der Waals surface area (Å²) in [6.07, 6.45) is 3.51. The Balaban J connectivity index is 2.09. The molecule has 0 amide bonds. The van der Waals surface area contributed by atoms with Crippen LogP contribution in [0.4, 0.5) is 8.78 Å². The van der Waals surface area contributed by atoms with Crippen molar-refractivity contribution in [2.24, 2.45) is 0 Å². The van der Waals surface area contributed by atoms with Gasteiger partial charge in [0.05, 0.1) is 12.0 Å². The molecule has 0 aliphatic carbocycles. The van der Waals surface area contributed by atoms with Crippen molar-refractivity contribution in [3.05, 3.63) is 83.4 Å². The zero-order chi connectivity index (χ0) is 16.6. The van der Waals surface area contributed by atoms with Crippen LogP contribution in [0.15, 0.2) is 55.0 Å². The fourth-order valence-electron chi connectivity index (χ4n) is 2.76. The van der Waals surface area contributed by atoms with Gasteiger partial charge >= 0.3 is 0 Å². The Hall–Kier alpha value is -2.49. The maximum absolute atomic E-state index is 13.5. The molecular weight excluding hydrogens is 294 g/mol. The van der Waals surface area contributed by atoms with Crippen LogP contribution < -0.4 is 0 Å². The van der Waals surface area contributed by atoms with Crippen molar-refractivity contribution in [3.8, 4) is 5.69 Å². The van der Waals surface area contributed by atoms with Gasteiger partial charge in [0.15, 0.2) is 0 Å². The van der Waals surface area contributed by atoms with E-state index in [0.29, 0.717) is 5.56 Å². The minimum atomic E-state index is -0.369. The fraction of sp³-hybridized carbons (Fsp3) is 0.211. The summed E-state index contributed by atoms with van der Waals surface area (Å²) >= 11 is 0. The number of nitrogens with zero attached hydrogens (tertiary/aromatic N) is 2. The molecule has 0 bridgehead atoms. The largest absolute Gasteiger partial charge is 0.302 e. The highest BCUT2D eigenvalue weighted by atomic mass is 19.1. The Morgan fingerprint density at radius 1 is 1.00 bits per heavy atom. The van der Waals surface area contributed by atoms with Gasteiger partial charge in [-0.25, -0.2) is 13.8 Å². The number of rotatable bonds is 3. The van der Waals surface area contributed by atoms with E-state index in [2.05, 4.69) is 18.8 Å². The Morgan fingerprint density at radius 2 is 1.70 bits per heavy atom. The average molecular weight is 312 g/mol. The van der Waals surface area contributed by atoms with Crippen LogP contribution in [0.2, 0.25) is 0 Å². The van der Waals surface area contributed by atoms with Crippen molar-refractivity contribution in [2.75, 3.05) is 0 Å². The zero-order valence-electron chi connectivity index (χ0n) is 13.3. The van der Waals surface area contributed by atoms with E-state index in [1.807, 2.05) is 4.57 Å². The van der Waals surface area contributed by atoms with Gasteiger partial charge < -0.3 is 4.57 Å². The molecule has 0 radical (unpaired) electrons. The van der Waals surface area contributed by atoms with Gasteiger partial charge in [-0.15, -0.1) is 0 Å². The van der Waals surface area contributed by atoms with Crippen molar-refractivity contribution >= 4 is 0 Å². The average Bonchev–Trinajstić information content (AvgIpc) is 3.01. The Kier molecular flexibility index (Phi) is 3.76. The molecule has 0 fully saturated rings. The van der Waals surface area contributed by atoms with E-state index in [-0.39, 0.29) is 17.0 Å². The molecule has 0 unspecified atom stereocenters. The predicted molar refractivity (Wildman–Crippen MR) is 86.8 cm³/mol. The second kappa shape index (κ2) is 5.61. The molecule has 1 aromatic heterocycles. The topological polar surface area (TPSA) is 17.8 Å². The van der Waals surface area contributed by atoms with Crippen LogP contribution in [0.3, 0.4) is 0 Å². The quantitative estimate of drug-likeness (QED) is 0.680. The van der Waals surface area contributed by atoms with Gasteiger partial charge in [0.1, 0.15) is 11.6 Å².